The number of pyridine rings is 1. The number of likely N-dealkylation sites (N-methyl/N-ethyl adjacent to an activating group) is 1. The molecule has 0 saturated heterocycles. The predicted molar refractivity (Wildman–Crippen MR) is 72.9 cm³/mol. The molecule has 5 heteroatoms. The third-order valence-electron chi connectivity index (χ3n) is 3.19. The van der Waals surface area contributed by atoms with E-state index < -0.39 is 6.04 Å². The highest BCUT2D eigenvalue weighted by molar-refractivity contribution is 5.85. The minimum atomic E-state index is -0.478. The lowest BCUT2D eigenvalue weighted by atomic mass is 10.0. The maximum Gasteiger partial charge on any atom is 0.251 e. The van der Waals surface area contributed by atoms with Crippen molar-refractivity contribution < 1.29 is 9.53 Å². The Morgan fingerprint density at radius 3 is 2.74 bits per heavy atom. The molecule has 1 aromatic heterocycles. The standard InChI is InChI=1S/C14H19N3O2/c1-3-9-17(4-2)14(18)12-13(19-10-16-12)11-5-7-15-8-6-11/h5-8,10,12-13H,3-4,9H2,1-2H3/t12-,13?/m0/s1. The zero-order valence-electron chi connectivity index (χ0n) is 11.3. The molecule has 0 saturated carbocycles. The number of rotatable bonds is 5. The van der Waals surface area contributed by atoms with Crippen molar-refractivity contribution in [1.29, 1.82) is 0 Å². The van der Waals surface area contributed by atoms with Gasteiger partial charge in [-0.25, -0.2) is 4.99 Å². The van der Waals surface area contributed by atoms with Crippen LogP contribution in [0.3, 0.4) is 0 Å². The summed E-state index contributed by atoms with van der Waals surface area (Å²) in [6.45, 7) is 5.49. The number of carbonyl (C=O) groups is 1. The first-order chi connectivity index (χ1) is 9.27. The van der Waals surface area contributed by atoms with Crippen LogP contribution in [0.5, 0.6) is 0 Å². The van der Waals surface area contributed by atoms with Gasteiger partial charge in [-0.3, -0.25) is 9.78 Å². The van der Waals surface area contributed by atoms with Crippen LogP contribution < -0.4 is 0 Å². The van der Waals surface area contributed by atoms with Crippen LogP contribution in [0.15, 0.2) is 29.5 Å². The SMILES string of the molecule is CCCN(CC)C(=O)[C@H]1N=COC1c1ccncc1. The number of ether oxygens (including phenoxy) is 1. The molecule has 0 N–H and O–H groups in total. The molecule has 1 aliphatic heterocycles. The number of aliphatic imine (C=N–C) groups is 1. The van der Waals surface area contributed by atoms with Crippen molar-refractivity contribution >= 4 is 12.3 Å². The summed E-state index contributed by atoms with van der Waals surface area (Å²) in [5.74, 6) is 0.0277. The molecule has 0 aromatic carbocycles. The average Bonchev–Trinajstić information content (AvgIpc) is 2.94. The van der Waals surface area contributed by atoms with E-state index in [0.717, 1.165) is 18.5 Å². The van der Waals surface area contributed by atoms with Gasteiger partial charge in [-0.1, -0.05) is 6.92 Å². The van der Waals surface area contributed by atoms with Gasteiger partial charge in [0.25, 0.3) is 5.91 Å². The molecule has 0 radical (unpaired) electrons. The monoisotopic (exact) mass is 261 g/mol. The van der Waals surface area contributed by atoms with Gasteiger partial charge in [-0.05, 0) is 31.0 Å². The molecule has 2 rings (SSSR count). The van der Waals surface area contributed by atoms with Crippen molar-refractivity contribution in [3.63, 3.8) is 0 Å². The van der Waals surface area contributed by atoms with Crippen LogP contribution in [-0.2, 0) is 9.53 Å². The van der Waals surface area contributed by atoms with E-state index in [4.69, 9.17) is 4.74 Å². The van der Waals surface area contributed by atoms with Gasteiger partial charge in [0.2, 0.25) is 0 Å². The van der Waals surface area contributed by atoms with Gasteiger partial charge in [0.15, 0.2) is 18.5 Å². The van der Waals surface area contributed by atoms with Crippen molar-refractivity contribution in [2.75, 3.05) is 13.1 Å². The Kier molecular flexibility index (Phi) is 4.49. The van der Waals surface area contributed by atoms with Crippen LogP contribution in [0.4, 0.5) is 0 Å². The minimum absolute atomic E-state index is 0.0277. The second kappa shape index (κ2) is 6.31. The third kappa shape index (κ3) is 2.92. The van der Waals surface area contributed by atoms with Crippen molar-refractivity contribution in [1.82, 2.24) is 9.88 Å². The van der Waals surface area contributed by atoms with Crippen LogP contribution in [0.25, 0.3) is 0 Å². The van der Waals surface area contributed by atoms with Crippen LogP contribution in [0.1, 0.15) is 31.9 Å². The van der Waals surface area contributed by atoms with E-state index >= 15 is 0 Å². The first kappa shape index (κ1) is 13.5. The molecule has 2 atom stereocenters. The van der Waals surface area contributed by atoms with Gasteiger partial charge in [0.05, 0.1) is 0 Å². The molecule has 1 aromatic rings. The van der Waals surface area contributed by atoms with Crippen molar-refractivity contribution in [3.8, 4) is 0 Å². The van der Waals surface area contributed by atoms with Gasteiger partial charge >= 0.3 is 0 Å². The molecule has 2 heterocycles. The van der Waals surface area contributed by atoms with Gasteiger partial charge in [-0.2, -0.15) is 0 Å². The van der Waals surface area contributed by atoms with Gasteiger partial charge in [0.1, 0.15) is 0 Å². The number of aromatic nitrogens is 1. The van der Waals surface area contributed by atoms with Crippen molar-refractivity contribution in [2.45, 2.75) is 32.4 Å². The Morgan fingerprint density at radius 2 is 2.11 bits per heavy atom. The highest BCUT2D eigenvalue weighted by atomic mass is 16.5. The van der Waals surface area contributed by atoms with Crippen LogP contribution in [0, 0.1) is 0 Å². The third-order valence-corrected chi connectivity index (χ3v) is 3.19. The number of hydrogen-bond donors (Lipinski definition) is 0. The molecule has 1 unspecified atom stereocenters. The first-order valence-electron chi connectivity index (χ1n) is 6.63. The molecule has 0 fully saturated rings. The quantitative estimate of drug-likeness (QED) is 0.812. The number of hydrogen-bond acceptors (Lipinski definition) is 4. The maximum atomic E-state index is 12.5. The number of carbonyl (C=O) groups excluding carboxylic acids is 1. The summed E-state index contributed by atoms with van der Waals surface area (Å²) >= 11 is 0. The normalized spacial score (nSPS) is 21.2. The fourth-order valence-corrected chi connectivity index (χ4v) is 2.21. The molecular weight excluding hydrogens is 242 g/mol. The Labute approximate surface area is 113 Å². The molecule has 5 nitrogen and oxygen atoms in total. The van der Waals surface area contributed by atoms with Gasteiger partial charge in [-0.15, -0.1) is 0 Å². The second-order valence-corrected chi connectivity index (χ2v) is 4.45. The molecular formula is C14H19N3O2. The second-order valence-electron chi connectivity index (χ2n) is 4.45. The van der Waals surface area contributed by atoms with Crippen LogP contribution in [-0.4, -0.2) is 41.3 Å². The largest absolute Gasteiger partial charge is 0.473 e. The fourth-order valence-electron chi connectivity index (χ4n) is 2.21. The van der Waals surface area contributed by atoms with E-state index in [1.54, 1.807) is 12.4 Å². The zero-order valence-corrected chi connectivity index (χ0v) is 11.3. The summed E-state index contributed by atoms with van der Waals surface area (Å²) in [5, 5.41) is 0. The lowest BCUT2D eigenvalue weighted by Gasteiger charge is -2.25. The van der Waals surface area contributed by atoms with Gasteiger partial charge < -0.3 is 9.64 Å². The Bertz CT molecular complexity index is 447. The minimum Gasteiger partial charge on any atom is -0.473 e. The van der Waals surface area contributed by atoms with E-state index in [1.165, 1.54) is 6.40 Å². The molecule has 0 spiro atoms. The highest BCUT2D eigenvalue weighted by Crippen LogP contribution is 2.27. The van der Waals surface area contributed by atoms with E-state index in [1.807, 2.05) is 24.0 Å². The summed E-state index contributed by atoms with van der Waals surface area (Å²) < 4.78 is 5.48. The van der Waals surface area contributed by atoms with E-state index in [-0.39, 0.29) is 12.0 Å². The summed E-state index contributed by atoms with van der Waals surface area (Å²) in [7, 11) is 0. The average molecular weight is 261 g/mol. The van der Waals surface area contributed by atoms with Crippen molar-refractivity contribution in [3.05, 3.63) is 30.1 Å². The summed E-state index contributed by atoms with van der Waals surface area (Å²) in [6.07, 6.45) is 5.38. The topological polar surface area (TPSA) is 54.8 Å². The number of nitrogens with zero attached hydrogens (tertiary/aromatic N) is 3. The molecule has 102 valence electrons. The smallest absolute Gasteiger partial charge is 0.251 e. The summed E-state index contributed by atoms with van der Waals surface area (Å²) in [6, 6.07) is 3.24. The highest BCUT2D eigenvalue weighted by Gasteiger charge is 2.36. The van der Waals surface area contributed by atoms with E-state index in [9.17, 15) is 4.79 Å². The Morgan fingerprint density at radius 1 is 1.37 bits per heavy atom. The molecule has 0 aliphatic carbocycles. The lowest BCUT2D eigenvalue weighted by molar-refractivity contribution is -0.134. The number of amides is 1. The summed E-state index contributed by atoms with van der Waals surface area (Å²) in [4.78, 5) is 22.5. The summed E-state index contributed by atoms with van der Waals surface area (Å²) in [5.41, 5.74) is 0.929. The maximum absolute atomic E-state index is 12.5. The van der Waals surface area contributed by atoms with E-state index in [2.05, 4.69) is 16.9 Å². The fraction of sp³-hybridized carbons (Fsp3) is 0.500. The Hall–Kier alpha value is -1.91. The van der Waals surface area contributed by atoms with Gasteiger partial charge in [0, 0.05) is 25.5 Å². The first-order valence-corrected chi connectivity index (χ1v) is 6.63. The van der Waals surface area contributed by atoms with Crippen molar-refractivity contribution in [2.24, 2.45) is 4.99 Å². The molecule has 1 amide bonds. The molecule has 0 bridgehead atoms. The predicted octanol–water partition coefficient (Wildman–Crippen LogP) is 1.81. The Balaban J connectivity index is 2.14. The van der Waals surface area contributed by atoms with Crippen LogP contribution >= 0.6 is 0 Å². The zero-order chi connectivity index (χ0) is 13.7. The lowest BCUT2D eigenvalue weighted by Crippen LogP contribution is -2.40. The molecule has 1 aliphatic rings. The molecule has 19 heavy (non-hydrogen) atoms. The van der Waals surface area contributed by atoms with E-state index in [0.29, 0.717) is 6.54 Å². The van der Waals surface area contributed by atoms with Crippen LogP contribution in [0.2, 0.25) is 0 Å².